The van der Waals surface area contributed by atoms with Crippen LogP contribution in [0.5, 0.6) is 0 Å². The molecule has 0 unspecified atom stereocenters. The molecule has 2 N–H and O–H groups in total. The number of β-amino-alcohol motifs (C(OH)–C–C–N with tert-alkyl or cyclic N) is 1. The van der Waals surface area contributed by atoms with E-state index in [-0.39, 0.29) is 12.1 Å². The average Bonchev–Trinajstić information content (AvgIpc) is 3.06. The molecule has 1 aromatic heterocycles. The number of aliphatic hydroxyl groups excluding tert-OH is 1. The van der Waals surface area contributed by atoms with Crippen LogP contribution >= 0.6 is 0 Å². The molecular formula is C16H27N3O2. The molecule has 2 fully saturated rings. The monoisotopic (exact) mass is 293 g/mol. The summed E-state index contributed by atoms with van der Waals surface area (Å²) in [5, 5.41) is 17.0. The number of rotatable bonds is 2. The highest BCUT2D eigenvalue weighted by Crippen LogP contribution is 2.42. The lowest BCUT2D eigenvalue weighted by molar-refractivity contribution is 0.166. The van der Waals surface area contributed by atoms with E-state index in [0.717, 1.165) is 24.6 Å². The molecular weight excluding hydrogens is 266 g/mol. The lowest BCUT2D eigenvalue weighted by Gasteiger charge is -2.36. The number of aliphatic hydroxyl groups is 1. The van der Waals surface area contributed by atoms with Gasteiger partial charge in [0, 0.05) is 12.5 Å². The summed E-state index contributed by atoms with van der Waals surface area (Å²) < 4.78 is 5.41. The van der Waals surface area contributed by atoms with Crippen molar-refractivity contribution in [2.75, 3.05) is 6.54 Å². The van der Waals surface area contributed by atoms with Gasteiger partial charge in [-0.05, 0) is 43.4 Å². The number of nitrogens with one attached hydrogen (secondary N) is 1. The van der Waals surface area contributed by atoms with E-state index >= 15 is 0 Å². The Morgan fingerprint density at radius 3 is 2.48 bits per heavy atom. The average molecular weight is 293 g/mol. The van der Waals surface area contributed by atoms with Gasteiger partial charge in [-0.25, -0.2) is 0 Å². The van der Waals surface area contributed by atoms with Crippen molar-refractivity contribution in [3.05, 3.63) is 11.7 Å². The molecule has 0 aromatic carbocycles. The van der Waals surface area contributed by atoms with Crippen molar-refractivity contribution < 1.29 is 9.63 Å². The van der Waals surface area contributed by atoms with Crippen LogP contribution in [-0.2, 0) is 0 Å². The van der Waals surface area contributed by atoms with E-state index in [4.69, 9.17) is 4.52 Å². The van der Waals surface area contributed by atoms with Crippen molar-refractivity contribution in [3.63, 3.8) is 0 Å². The van der Waals surface area contributed by atoms with Crippen LogP contribution in [0, 0.1) is 11.3 Å². The molecule has 118 valence electrons. The Kier molecular flexibility index (Phi) is 4.06. The van der Waals surface area contributed by atoms with Crippen LogP contribution in [0.4, 0.5) is 0 Å². The molecule has 5 heteroatoms. The molecule has 1 aliphatic heterocycles. The van der Waals surface area contributed by atoms with E-state index in [1.54, 1.807) is 0 Å². The first-order chi connectivity index (χ1) is 9.93. The molecule has 1 saturated heterocycles. The molecule has 1 saturated carbocycles. The molecule has 0 radical (unpaired) electrons. The molecule has 21 heavy (non-hydrogen) atoms. The van der Waals surface area contributed by atoms with Gasteiger partial charge in [-0.3, -0.25) is 0 Å². The fraction of sp³-hybridized carbons (Fsp3) is 0.875. The van der Waals surface area contributed by atoms with Gasteiger partial charge in [0.1, 0.15) is 0 Å². The lowest BCUT2D eigenvalue weighted by Crippen LogP contribution is -2.25. The summed E-state index contributed by atoms with van der Waals surface area (Å²) in [5.74, 6) is 2.74. The van der Waals surface area contributed by atoms with Crippen molar-refractivity contribution in [2.45, 2.75) is 70.9 Å². The summed E-state index contributed by atoms with van der Waals surface area (Å²) in [5.41, 5.74) is 0.400. The molecule has 2 aliphatic rings. The number of hydrogen-bond acceptors (Lipinski definition) is 5. The Morgan fingerprint density at radius 1 is 1.19 bits per heavy atom. The zero-order chi connectivity index (χ0) is 15.0. The van der Waals surface area contributed by atoms with Crippen molar-refractivity contribution in [2.24, 2.45) is 11.3 Å². The SMILES string of the molecule is CC(C)(C)C1CCC(c2noc([C@@H]3C[C@@H](O)CN3)n2)CC1. The Balaban J connectivity index is 1.60. The van der Waals surface area contributed by atoms with Crippen LogP contribution in [0.15, 0.2) is 4.52 Å². The summed E-state index contributed by atoms with van der Waals surface area (Å²) >= 11 is 0. The van der Waals surface area contributed by atoms with Gasteiger partial charge in [0.15, 0.2) is 5.82 Å². The van der Waals surface area contributed by atoms with Crippen molar-refractivity contribution in [3.8, 4) is 0 Å². The normalized spacial score (nSPS) is 34.3. The van der Waals surface area contributed by atoms with Gasteiger partial charge in [-0.1, -0.05) is 25.9 Å². The number of nitrogens with zero attached hydrogens (tertiary/aromatic N) is 2. The third-order valence-electron chi connectivity index (χ3n) is 5.18. The van der Waals surface area contributed by atoms with Crippen LogP contribution in [0.2, 0.25) is 0 Å². The van der Waals surface area contributed by atoms with Gasteiger partial charge < -0.3 is 14.9 Å². The zero-order valence-electron chi connectivity index (χ0n) is 13.3. The number of aromatic nitrogens is 2. The van der Waals surface area contributed by atoms with Gasteiger partial charge in [0.25, 0.3) is 0 Å². The van der Waals surface area contributed by atoms with Crippen molar-refractivity contribution in [1.29, 1.82) is 0 Å². The van der Waals surface area contributed by atoms with E-state index in [1.165, 1.54) is 12.8 Å². The minimum atomic E-state index is -0.299. The van der Waals surface area contributed by atoms with Crippen LogP contribution in [-0.4, -0.2) is 27.9 Å². The molecule has 0 bridgehead atoms. The maximum Gasteiger partial charge on any atom is 0.243 e. The largest absolute Gasteiger partial charge is 0.392 e. The second kappa shape index (κ2) is 5.69. The molecule has 0 spiro atoms. The second-order valence-electron chi connectivity index (χ2n) is 7.76. The summed E-state index contributed by atoms with van der Waals surface area (Å²) in [4.78, 5) is 4.59. The predicted molar refractivity (Wildman–Crippen MR) is 79.8 cm³/mol. The Morgan fingerprint density at radius 2 is 1.90 bits per heavy atom. The van der Waals surface area contributed by atoms with E-state index in [2.05, 4.69) is 36.2 Å². The van der Waals surface area contributed by atoms with Crippen molar-refractivity contribution >= 4 is 0 Å². The summed E-state index contributed by atoms with van der Waals surface area (Å²) in [6.45, 7) is 7.61. The molecule has 2 heterocycles. The minimum Gasteiger partial charge on any atom is -0.392 e. The Labute approximate surface area is 126 Å². The van der Waals surface area contributed by atoms with E-state index in [1.807, 2.05) is 0 Å². The van der Waals surface area contributed by atoms with Crippen molar-refractivity contribution in [1.82, 2.24) is 15.5 Å². The van der Waals surface area contributed by atoms with Crippen LogP contribution in [0.3, 0.4) is 0 Å². The van der Waals surface area contributed by atoms with Gasteiger partial charge >= 0.3 is 0 Å². The standard InChI is InChI=1S/C16H27N3O2/c1-16(2,3)11-6-4-10(5-7-11)14-18-15(21-19-14)13-8-12(20)9-17-13/h10-13,17,20H,4-9H2,1-3H3/t10?,11?,12-,13+/m1/s1. The molecule has 1 aromatic rings. The van der Waals surface area contributed by atoms with Gasteiger partial charge in [0.05, 0.1) is 12.1 Å². The molecule has 3 rings (SSSR count). The van der Waals surface area contributed by atoms with Gasteiger partial charge in [0.2, 0.25) is 5.89 Å². The van der Waals surface area contributed by atoms with Gasteiger partial charge in [-0.15, -0.1) is 0 Å². The van der Waals surface area contributed by atoms with E-state index in [0.29, 0.717) is 30.2 Å². The fourth-order valence-corrected chi connectivity index (χ4v) is 3.68. The second-order valence-corrected chi connectivity index (χ2v) is 7.76. The lowest BCUT2D eigenvalue weighted by atomic mass is 9.70. The van der Waals surface area contributed by atoms with Crippen LogP contribution in [0.1, 0.15) is 76.6 Å². The Bertz CT molecular complexity index is 472. The zero-order valence-corrected chi connectivity index (χ0v) is 13.3. The maximum atomic E-state index is 9.57. The van der Waals surface area contributed by atoms with Crippen LogP contribution < -0.4 is 5.32 Å². The topological polar surface area (TPSA) is 71.2 Å². The summed E-state index contributed by atoms with van der Waals surface area (Å²) in [7, 11) is 0. The first kappa shape index (κ1) is 15.0. The quantitative estimate of drug-likeness (QED) is 0.877. The highest BCUT2D eigenvalue weighted by atomic mass is 16.5. The van der Waals surface area contributed by atoms with Crippen LogP contribution in [0.25, 0.3) is 0 Å². The highest BCUT2D eigenvalue weighted by molar-refractivity contribution is 5.02. The molecule has 0 amide bonds. The fourth-order valence-electron chi connectivity index (χ4n) is 3.68. The van der Waals surface area contributed by atoms with Gasteiger partial charge in [-0.2, -0.15) is 4.98 Å². The molecule has 5 nitrogen and oxygen atoms in total. The summed E-state index contributed by atoms with van der Waals surface area (Å²) in [6.07, 6.45) is 5.17. The first-order valence-electron chi connectivity index (χ1n) is 8.18. The number of hydrogen-bond donors (Lipinski definition) is 2. The smallest absolute Gasteiger partial charge is 0.243 e. The molecule has 2 atom stereocenters. The molecule has 1 aliphatic carbocycles. The van der Waals surface area contributed by atoms with E-state index < -0.39 is 0 Å². The minimum absolute atomic E-state index is 0.0205. The first-order valence-corrected chi connectivity index (χ1v) is 8.18. The maximum absolute atomic E-state index is 9.57. The van der Waals surface area contributed by atoms with E-state index in [9.17, 15) is 5.11 Å². The highest BCUT2D eigenvalue weighted by Gasteiger charge is 2.33. The predicted octanol–water partition coefficient (Wildman–Crippen LogP) is 2.78. The third-order valence-corrected chi connectivity index (χ3v) is 5.18. The Hall–Kier alpha value is -0.940. The summed E-state index contributed by atoms with van der Waals surface area (Å²) in [6, 6.07) is 0.0205. The third kappa shape index (κ3) is 3.29.